The van der Waals surface area contributed by atoms with Gasteiger partial charge in [-0.2, -0.15) is 0 Å². The summed E-state index contributed by atoms with van der Waals surface area (Å²) in [6.45, 7) is 25.5. The smallest absolute Gasteiger partial charge is 0.0638 e. The van der Waals surface area contributed by atoms with Crippen LogP contribution < -0.4 is 0 Å². The Labute approximate surface area is 163 Å². The first-order chi connectivity index (χ1) is 12.2. The summed E-state index contributed by atoms with van der Waals surface area (Å²) in [5.74, 6) is 1.50. The number of piperazine rings is 1. The van der Waals surface area contributed by atoms with Crippen LogP contribution in [0.1, 0.15) is 61.3 Å². The summed E-state index contributed by atoms with van der Waals surface area (Å²) >= 11 is 0. The van der Waals surface area contributed by atoms with Gasteiger partial charge in [0.25, 0.3) is 0 Å². The van der Waals surface area contributed by atoms with Crippen molar-refractivity contribution in [1.82, 2.24) is 14.7 Å². The fourth-order valence-electron chi connectivity index (χ4n) is 5.07. The highest BCUT2D eigenvalue weighted by molar-refractivity contribution is 4.98. The van der Waals surface area contributed by atoms with Crippen LogP contribution in [0.5, 0.6) is 0 Å². The van der Waals surface area contributed by atoms with Crippen molar-refractivity contribution in [3.63, 3.8) is 0 Å². The van der Waals surface area contributed by atoms with Crippen molar-refractivity contribution >= 4 is 0 Å². The van der Waals surface area contributed by atoms with Gasteiger partial charge in [-0.05, 0) is 51.6 Å². The lowest BCUT2D eigenvalue weighted by Gasteiger charge is -2.54. The lowest BCUT2D eigenvalue weighted by molar-refractivity contribution is -0.101. The summed E-state index contributed by atoms with van der Waals surface area (Å²) in [7, 11) is 0. The number of ether oxygens (including phenoxy) is 1. The number of likely N-dealkylation sites (N-methyl/N-ethyl adjacent to an activating group) is 1. The molecule has 2 unspecified atom stereocenters. The largest absolute Gasteiger partial charge is 0.378 e. The number of nitrogens with zero attached hydrogens (tertiary/aromatic N) is 3. The van der Waals surface area contributed by atoms with E-state index in [1.165, 1.54) is 39.0 Å². The second-order valence-electron chi connectivity index (χ2n) is 9.93. The second kappa shape index (κ2) is 9.86. The summed E-state index contributed by atoms with van der Waals surface area (Å²) in [4.78, 5) is 8.21. The van der Waals surface area contributed by atoms with Gasteiger partial charge in [-0.25, -0.2) is 0 Å². The predicted molar refractivity (Wildman–Crippen MR) is 112 cm³/mol. The zero-order valence-corrected chi connectivity index (χ0v) is 18.6. The zero-order valence-electron chi connectivity index (χ0n) is 18.6. The van der Waals surface area contributed by atoms with Gasteiger partial charge in [-0.15, -0.1) is 0 Å². The van der Waals surface area contributed by atoms with Crippen molar-refractivity contribution in [1.29, 1.82) is 0 Å². The van der Waals surface area contributed by atoms with Gasteiger partial charge in [-0.1, -0.05) is 34.6 Å². The van der Waals surface area contributed by atoms with E-state index in [9.17, 15) is 0 Å². The first-order valence-corrected chi connectivity index (χ1v) is 11.1. The van der Waals surface area contributed by atoms with E-state index in [-0.39, 0.29) is 5.54 Å². The third kappa shape index (κ3) is 5.92. The zero-order chi connectivity index (χ0) is 19.3. The van der Waals surface area contributed by atoms with Crippen molar-refractivity contribution in [2.45, 2.75) is 78.9 Å². The molecule has 2 aliphatic heterocycles. The number of hydrogen-bond acceptors (Lipinski definition) is 4. The molecule has 2 fully saturated rings. The first kappa shape index (κ1) is 22.1. The molecule has 26 heavy (non-hydrogen) atoms. The van der Waals surface area contributed by atoms with Gasteiger partial charge in [0.1, 0.15) is 0 Å². The molecule has 4 heteroatoms. The van der Waals surface area contributed by atoms with Gasteiger partial charge in [0.2, 0.25) is 0 Å². The fraction of sp³-hybridized carbons (Fsp3) is 1.00. The first-order valence-electron chi connectivity index (χ1n) is 11.1. The fourth-order valence-corrected chi connectivity index (χ4v) is 5.07. The Hall–Kier alpha value is -0.160. The molecule has 2 atom stereocenters. The predicted octanol–water partition coefficient (Wildman–Crippen LogP) is 3.56. The Kier molecular flexibility index (Phi) is 8.39. The maximum Gasteiger partial charge on any atom is 0.0638 e. The van der Waals surface area contributed by atoms with E-state index in [2.05, 4.69) is 63.2 Å². The SMILES string of the molecule is CCN1CCN(CCC(C)C)C(C2COCCN2C(C)(C)CC(C)C)C1. The summed E-state index contributed by atoms with van der Waals surface area (Å²) < 4.78 is 6.02. The van der Waals surface area contributed by atoms with Crippen molar-refractivity contribution < 1.29 is 4.74 Å². The van der Waals surface area contributed by atoms with Crippen LogP contribution in [-0.2, 0) is 4.74 Å². The highest BCUT2D eigenvalue weighted by Gasteiger charge is 2.42. The van der Waals surface area contributed by atoms with Gasteiger partial charge in [-0.3, -0.25) is 9.80 Å². The summed E-state index contributed by atoms with van der Waals surface area (Å²) in [5.41, 5.74) is 0.237. The second-order valence-corrected chi connectivity index (χ2v) is 9.93. The normalized spacial score (nSPS) is 27.6. The molecule has 0 N–H and O–H groups in total. The maximum absolute atomic E-state index is 6.02. The van der Waals surface area contributed by atoms with Gasteiger partial charge in [0.05, 0.1) is 19.3 Å². The quantitative estimate of drug-likeness (QED) is 0.653. The molecule has 0 radical (unpaired) electrons. The van der Waals surface area contributed by atoms with E-state index in [0.717, 1.165) is 38.1 Å². The van der Waals surface area contributed by atoms with Crippen molar-refractivity contribution in [3.8, 4) is 0 Å². The molecule has 2 aliphatic rings. The van der Waals surface area contributed by atoms with Crippen LogP contribution in [0.3, 0.4) is 0 Å². The molecule has 0 aromatic carbocycles. The van der Waals surface area contributed by atoms with Crippen LogP contribution in [0.15, 0.2) is 0 Å². The molecular formula is C22H45N3O. The molecule has 2 rings (SSSR count). The summed E-state index contributed by atoms with van der Waals surface area (Å²) in [5, 5.41) is 0. The molecular weight excluding hydrogens is 322 g/mol. The standard InChI is InChI=1S/C22H45N3O/c1-8-23-11-12-24(10-9-18(2)3)20(16-23)21-17-26-14-13-25(21)22(6,7)15-19(4)5/h18-21H,8-17H2,1-7H3. The Balaban J connectivity index is 2.18. The molecule has 4 nitrogen and oxygen atoms in total. The van der Waals surface area contributed by atoms with Crippen LogP contribution >= 0.6 is 0 Å². The van der Waals surface area contributed by atoms with Crippen molar-refractivity contribution in [2.24, 2.45) is 11.8 Å². The van der Waals surface area contributed by atoms with Gasteiger partial charge < -0.3 is 9.64 Å². The highest BCUT2D eigenvalue weighted by Crippen LogP contribution is 2.31. The molecule has 0 amide bonds. The van der Waals surface area contributed by atoms with Crippen LogP contribution in [-0.4, -0.2) is 84.8 Å². The molecule has 0 spiro atoms. The van der Waals surface area contributed by atoms with E-state index >= 15 is 0 Å². The average Bonchev–Trinajstić information content (AvgIpc) is 2.58. The van der Waals surface area contributed by atoms with Crippen LogP contribution in [0, 0.1) is 11.8 Å². The minimum absolute atomic E-state index is 0.237. The summed E-state index contributed by atoms with van der Waals surface area (Å²) in [6, 6.07) is 1.10. The lowest BCUT2D eigenvalue weighted by Crippen LogP contribution is -2.67. The molecule has 2 heterocycles. The van der Waals surface area contributed by atoms with Crippen LogP contribution in [0.25, 0.3) is 0 Å². The Morgan fingerprint density at radius 1 is 1.00 bits per heavy atom. The Bertz CT molecular complexity index is 410. The van der Waals surface area contributed by atoms with Crippen LogP contribution in [0.4, 0.5) is 0 Å². The molecule has 0 aromatic heterocycles. The molecule has 0 aliphatic carbocycles. The lowest BCUT2D eigenvalue weighted by atomic mass is 9.87. The number of morpholine rings is 1. The Morgan fingerprint density at radius 3 is 2.35 bits per heavy atom. The topological polar surface area (TPSA) is 19.0 Å². The minimum Gasteiger partial charge on any atom is -0.378 e. The van der Waals surface area contributed by atoms with Gasteiger partial charge in [0, 0.05) is 37.8 Å². The monoisotopic (exact) mass is 367 g/mol. The van der Waals surface area contributed by atoms with E-state index in [1.807, 2.05) is 0 Å². The molecule has 0 bridgehead atoms. The summed E-state index contributed by atoms with van der Waals surface area (Å²) in [6.07, 6.45) is 2.55. The van der Waals surface area contributed by atoms with Crippen molar-refractivity contribution in [3.05, 3.63) is 0 Å². The van der Waals surface area contributed by atoms with E-state index in [1.54, 1.807) is 0 Å². The molecule has 0 aromatic rings. The van der Waals surface area contributed by atoms with Crippen LogP contribution in [0.2, 0.25) is 0 Å². The van der Waals surface area contributed by atoms with Gasteiger partial charge in [0.15, 0.2) is 0 Å². The number of rotatable bonds is 8. The van der Waals surface area contributed by atoms with Crippen molar-refractivity contribution in [2.75, 3.05) is 52.5 Å². The van der Waals surface area contributed by atoms with Gasteiger partial charge >= 0.3 is 0 Å². The van der Waals surface area contributed by atoms with E-state index in [0.29, 0.717) is 12.1 Å². The Morgan fingerprint density at radius 2 is 1.73 bits per heavy atom. The number of hydrogen-bond donors (Lipinski definition) is 0. The maximum atomic E-state index is 6.02. The third-order valence-electron chi connectivity index (χ3n) is 6.35. The molecule has 2 saturated heterocycles. The molecule has 0 saturated carbocycles. The molecule has 154 valence electrons. The van der Waals surface area contributed by atoms with E-state index in [4.69, 9.17) is 4.74 Å². The van der Waals surface area contributed by atoms with E-state index < -0.39 is 0 Å². The minimum atomic E-state index is 0.237. The highest BCUT2D eigenvalue weighted by atomic mass is 16.5. The average molecular weight is 368 g/mol. The third-order valence-corrected chi connectivity index (χ3v) is 6.35.